The van der Waals surface area contributed by atoms with Crippen molar-refractivity contribution in [3.63, 3.8) is 0 Å². The summed E-state index contributed by atoms with van der Waals surface area (Å²) in [7, 11) is 0. The average molecular weight is 339 g/mol. The smallest absolute Gasteiger partial charge is 0.137 e. The maximum atomic E-state index is 6.20. The second kappa shape index (κ2) is 5.73. The second-order valence-electron chi connectivity index (χ2n) is 5.26. The van der Waals surface area contributed by atoms with Crippen molar-refractivity contribution >= 4 is 28.8 Å². The standard InChI is InChI=1S/C19H12Cl2N2/c20-15-10-14(11-16(21)12-15)19-18(13-6-2-1-3-7-13)22-17-8-4-5-9-23(17)19/h1-12H. The monoisotopic (exact) mass is 338 g/mol. The van der Waals surface area contributed by atoms with Crippen LogP contribution in [0.4, 0.5) is 0 Å². The lowest BCUT2D eigenvalue weighted by atomic mass is 10.0. The fourth-order valence-corrected chi connectivity index (χ4v) is 3.29. The summed E-state index contributed by atoms with van der Waals surface area (Å²) < 4.78 is 2.06. The Balaban J connectivity index is 2.07. The number of hydrogen-bond acceptors (Lipinski definition) is 1. The Hall–Kier alpha value is -2.29. The number of hydrogen-bond donors (Lipinski definition) is 0. The fraction of sp³-hybridized carbons (Fsp3) is 0. The summed E-state index contributed by atoms with van der Waals surface area (Å²) in [5, 5.41) is 1.22. The molecule has 0 radical (unpaired) electrons. The van der Waals surface area contributed by atoms with Gasteiger partial charge in [0, 0.05) is 27.4 Å². The van der Waals surface area contributed by atoms with Crippen LogP contribution in [0.25, 0.3) is 28.2 Å². The molecule has 112 valence electrons. The predicted molar refractivity (Wildman–Crippen MR) is 96.1 cm³/mol. The van der Waals surface area contributed by atoms with Crippen LogP contribution < -0.4 is 0 Å². The normalized spacial score (nSPS) is 11.0. The number of nitrogens with zero attached hydrogens (tertiary/aromatic N) is 2. The van der Waals surface area contributed by atoms with Gasteiger partial charge in [0.1, 0.15) is 5.65 Å². The Labute approximate surface area is 143 Å². The molecule has 23 heavy (non-hydrogen) atoms. The lowest BCUT2D eigenvalue weighted by Gasteiger charge is -2.07. The van der Waals surface area contributed by atoms with Crippen LogP contribution in [0.3, 0.4) is 0 Å². The zero-order valence-corrected chi connectivity index (χ0v) is 13.6. The van der Waals surface area contributed by atoms with Gasteiger partial charge < -0.3 is 0 Å². The summed E-state index contributed by atoms with van der Waals surface area (Å²) in [4.78, 5) is 4.80. The number of pyridine rings is 1. The highest BCUT2D eigenvalue weighted by atomic mass is 35.5. The zero-order valence-electron chi connectivity index (χ0n) is 12.1. The van der Waals surface area contributed by atoms with Crippen molar-refractivity contribution in [2.75, 3.05) is 0 Å². The largest absolute Gasteiger partial charge is 0.299 e. The van der Waals surface area contributed by atoms with Crippen molar-refractivity contribution in [3.05, 3.63) is 83.0 Å². The molecular formula is C19H12Cl2N2. The van der Waals surface area contributed by atoms with Crippen LogP contribution in [-0.4, -0.2) is 9.38 Å². The number of halogens is 2. The van der Waals surface area contributed by atoms with E-state index in [1.165, 1.54) is 0 Å². The van der Waals surface area contributed by atoms with E-state index >= 15 is 0 Å². The highest BCUT2D eigenvalue weighted by Crippen LogP contribution is 2.35. The first-order valence-corrected chi connectivity index (χ1v) is 7.97. The number of rotatable bonds is 2. The molecule has 0 unspecified atom stereocenters. The van der Waals surface area contributed by atoms with Gasteiger partial charge in [0.2, 0.25) is 0 Å². The molecule has 0 aliphatic heterocycles. The van der Waals surface area contributed by atoms with E-state index in [1.807, 2.05) is 54.7 Å². The quantitative estimate of drug-likeness (QED) is 0.439. The summed E-state index contributed by atoms with van der Waals surface area (Å²) in [6, 6.07) is 21.6. The minimum Gasteiger partial charge on any atom is -0.299 e. The van der Waals surface area contributed by atoms with Gasteiger partial charge in [0.25, 0.3) is 0 Å². The molecule has 4 rings (SSSR count). The van der Waals surface area contributed by atoms with E-state index in [-0.39, 0.29) is 0 Å². The molecule has 0 atom stereocenters. The Morgan fingerprint density at radius 2 is 1.43 bits per heavy atom. The number of fused-ring (bicyclic) bond motifs is 1. The van der Waals surface area contributed by atoms with E-state index in [2.05, 4.69) is 16.5 Å². The summed E-state index contributed by atoms with van der Waals surface area (Å²) in [6.45, 7) is 0. The molecule has 2 heterocycles. The van der Waals surface area contributed by atoms with Gasteiger partial charge in [-0.2, -0.15) is 0 Å². The van der Waals surface area contributed by atoms with Crippen molar-refractivity contribution in [1.29, 1.82) is 0 Å². The maximum absolute atomic E-state index is 6.20. The molecule has 0 aliphatic rings. The molecule has 2 aromatic carbocycles. The fourth-order valence-electron chi connectivity index (χ4n) is 2.76. The van der Waals surface area contributed by atoms with Crippen LogP contribution in [0.2, 0.25) is 10.0 Å². The SMILES string of the molecule is Clc1cc(Cl)cc(-c2c(-c3ccccc3)nc3ccccn23)c1. The molecule has 4 aromatic rings. The Kier molecular flexibility index (Phi) is 3.56. The van der Waals surface area contributed by atoms with E-state index in [9.17, 15) is 0 Å². The van der Waals surface area contributed by atoms with E-state index in [0.29, 0.717) is 10.0 Å². The van der Waals surface area contributed by atoms with E-state index < -0.39 is 0 Å². The molecule has 0 spiro atoms. The molecule has 2 aromatic heterocycles. The molecule has 4 heteroatoms. The first-order valence-electron chi connectivity index (χ1n) is 7.21. The Bertz CT molecular complexity index is 971. The minimum absolute atomic E-state index is 0.609. The van der Waals surface area contributed by atoms with Crippen LogP contribution in [-0.2, 0) is 0 Å². The molecule has 0 amide bonds. The maximum Gasteiger partial charge on any atom is 0.137 e. The van der Waals surface area contributed by atoms with E-state index in [1.54, 1.807) is 6.07 Å². The van der Waals surface area contributed by atoms with Gasteiger partial charge in [-0.3, -0.25) is 4.40 Å². The molecule has 2 nitrogen and oxygen atoms in total. The molecule has 0 saturated carbocycles. The highest BCUT2D eigenvalue weighted by molar-refractivity contribution is 6.35. The van der Waals surface area contributed by atoms with Crippen molar-refractivity contribution in [1.82, 2.24) is 9.38 Å². The predicted octanol–water partition coefficient (Wildman–Crippen LogP) is 5.98. The third kappa shape index (κ3) is 2.61. The number of imidazole rings is 1. The van der Waals surface area contributed by atoms with Crippen molar-refractivity contribution in [2.24, 2.45) is 0 Å². The van der Waals surface area contributed by atoms with E-state index in [0.717, 1.165) is 28.2 Å². The van der Waals surface area contributed by atoms with Crippen molar-refractivity contribution in [2.45, 2.75) is 0 Å². The van der Waals surface area contributed by atoms with E-state index in [4.69, 9.17) is 28.2 Å². The average Bonchev–Trinajstić information content (AvgIpc) is 2.94. The van der Waals surface area contributed by atoms with Crippen LogP contribution >= 0.6 is 23.2 Å². The summed E-state index contributed by atoms with van der Waals surface area (Å²) in [5.41, 5.74) is 4.78. The third-order valence-corrected chi connectivity index (χ3v) is 4.15. The van der Waals surface area contributed by atoms with Crippen LogP contribution in [0.15, 0.2) is 72.9 Å². The van der Waals surface area contributed by atoms with Gasteiger partial charge in [0.05, 0.1) is 11.4 Å². The first-order chi connectivity index (χ1) is 11.2. The van der Waals surface area contributed by atoms with Crippen molar-refractivity contribution in [3.8, 4) is 22.5 Å². The molecular weight excluding hydrogens is 327 g/mol. The second-order valence-corrected chi connectivity index (χ2v) is 6.13. The summed E-state index contributed by atoms with van der Waals surface area (Å²) >= 11 is 12.4. The molecule has 0 saturated heterocycles. The van der Waals surface area contributed by atoms with Gasteiger partial charge in [-0.25, -0.2) is 4.98 Å². The highest BCUT2D eigenvalue weighted by Gasteiger charge is 2.16. The van der Waals surface area contributed by atoms with Crippen LogP contribution in [0.1, 0.15) is 0 Å². The van der Waals surface area contributed by atoms with Gasteiger partial charge in [0.15, 0.2) is 0 Å². The van der Waals surface area contributed by atoms with Crippen molar-refractivity contribution < 1.29 is 0 Å². The first kappa shape index (κ1) is 14.3. The lowest BCUT2D eigenvalue weighted by molar-refractivity contribution is 1.19. The number of benzene rings is 2. The molecule has 0 fully saturated rings. The van der Waals surface area contributed by atoms with Gasteiger partial charge in [-0.05, 0) is 30.3 Å². The summed E-state index contributed by atoms with van der Waals surface area (Å²) in [5.74, 6) is 0. The third-order valence-electron chi connectivity index (χ3n) is 3.71. The number of aromatic nitrogens is 2. The lowest BCUT2D eigenvalue weighted by Crippen LogP contribution is -1.89. The van der Waals surface area contributed by atoms with Gasteiger partial charge >= 0.3 is 0 Å². The summed E-state index contributed by atoms with van der Waals surface area (Å²) in [6.07, 6.45) is 2.00. The minimum atomic E-state index is 0.609. The zero-order chi connectivity index (χ0) is 15.8. The topological polar surface area (TPSA) is 17.3 Å². The van der Waals surface area contributed by atoms with Crippen LogP contribution in [0.5, 0.6) is 0 Å². The Morgan fingerprint density at radius 3 is 2.17 bits per heavy atom. The molecule has 0 aliphatic carbocycles. The Morgan fingerprint density at radius 1 is 0.739 bits per heavy atom. The molecule has 0 bridgehead atoms. The van der Waals surface area contributed by atoms with Gasteiger partial charge in [-0.1, -0.05) is 59.6 Å². The van der Waals surface area contributed by atoms with Crippen LogP contribution in [0, 0.1) is 0 Å². The van der Waals surface area contributed by atoms with Gasteiger partial charge in [-0.15, -0.1) is 0 Å². The molecule has 0 N–H and O–H groups in total.